The molecule has 5 aromatic rings. The number of aliphatic hydroxyl groups excluding tert-OH is 2. The second kappa shape index (κ2) is 28.2. The maximum absolute atomic E-state index is 12.4. The molecule has 6 atom stereocenters. The number of carboxylic acids is 1. The first-order valence-corrected chi connectivity index (χ1v) is 28.8. The van der Waals surface area contributed by atoms with E-state index in [2.05, 4.69) is 34.9 Å². The van der Waals surface area contributed by atoms with Crippen LogP contribution in [0.5, 0.6) is 0 Å². The fourth-order valence-electron chi connectivity index (χ4n) is 12.4. The zero-order valence-corrected chi connectivity index (χ0v) is 46.0. The van der Waals surface area contributed by atoms with Gasteiger partial charge in [0.15, 0.2) is 0 Å². The van der Waals surface area contributed by atoms with Crippen molar-refractivity contribution in [3.05, 3.63) is 179 Å². The monoisotopic (exact) mass is 1100 g/mol. The number of rotatable bonds is 15. The van der Waals surface area contributed by atoms with Crippen LogP contribution in [0.4, 0.5) is 0 Å². The summed E-state index contributed by atoms with van der Waals surface area (Å²) in [4.78, 5) is 44.1. The summed E-state index contributed by atoms with van der Waals surface area (Å²) < 4.78 is 43.0. The maximum Gasteiger partial charge on any atom is 0.394 e. The first kappa shape index (κ1) is 60.3. The number of nitrogens with zero attached hydrogens (tertiary/aromatic N) is 4. The van der Waals surface area contributed by atoms with Crippen molar-refractivity contribution < 1.29 is 56.7 Å². The number of aliphatic hydroxyl groups is 2. The van der Waals surface area contributed by atoms with E-state index in [0.717, 1.165) is 60.0 Å². The highest BCUT2D eigenvalue weighted by molar-refractivity contribution is 7.79. The predicted octanol–water partition coefficient (Wildman–Crippen LogP) is 8.21. The van der Waals surface area contributed by atoms with Crippen LogP contribution < -0.4 is 0 Å². The smallest absolute Gasteiger partial charge is 0.394 e. The Morgan fingerprint density at radius 1 is 0.608 bits per heavy atom. The highest BCUT2D eigenvalue weighted by Crippen LogP contribution is 2.40. The number of piperidine rings is 3. The number of carboxylic acid groups (broad SMARTS) is 1. The van der Waals surface area contributed by atoms with Crippen LogP contribution in [0, 0.1) is 11.3 Å². The molecule has 2 unspecified atom stereocenters. The number of aliphatic carboxylic acids is 1. The molecule has 5 aliphatic rings. The van der Waals surface area contributed by atoms with Crippen LogP contribution in [-0.2, 0) is 45.1 Å². The molecular weight excluding hydrogens is 1020 g/mol. The Morgan fingerprint density at radius 3 is 1.25 bits per heavy atom. The van der Waals surface area contributed by atoms with Crippen molar-refractivity contribution in [3.8, 4) is 6.07 Å². The van der Waals surface area contributed by atoms with E-state index in [9.17, 15) is 35.0 Å². The average molecular weight is 1100 g/mol. The number of ether oxygens (including phenoxy) is 2. The van der Waals surface area contributed by atoms with E-state index < -0.39 is 39.0 Å². The molecule has 0 aromatic heterocycles. The topological polar surface area (TPSA) is 238 Å². The van der Waals surface area contributed by atoms with Gasteiger partial charge in [-0.1, -0.05) is 152 Å². The first-order chi connectivity index (χ1) is 38.0. The standard InChI is InChI=1S/C28H28N2O2.2C17H23NO3.H2O4S/c29-22-28(24-12-6-2-7-13-24,25-14-8-3-9-15-25)18-21-30-19-16-27(17-20-30,26(31)32)23-10-4-1-5-11-23;2*1-18-13-7-8-14(18)10-15(9-13)21-17(20)16(11-19)12-5-3-2-4-6-12;1-5(2,3)4/h1-15H,16-21H2,(H,31,32);2*2-6,13-16,19H,7-11H2,1H3;(H2,1,2,3,4)/t;2*13-,14-,16?;/m.11./s1. The third kappa shape index (κ3) is 15.7. The highest BCUT2D eigenvalue weighted by Gasteiger charge is 2.45. The largest absolute Gasteiger partial charge is 0.481 e. The summed E-state index contributed by atoms with van der Waals surface area (Å²) in [7, 11) is -0.332. The molecule has 5 saturated heterocycles. The summed E-state index contributed by atoms with van der Waals surface area (Å²) in [5.41, 5.74) is 2.95. The Hall–Kier alpha value is -6.33. The van der Waals surface area contributed by atoms with Gasteiger partial charge in [0.2, 0.25) is 0 Å². The van der Waals surface area contributed by atoms with Crippen LogP contribution in [0.15, 0.2) is 152 Å². The van der Waals surface area contributed by atoms with Crippen molar-refractivity contribution in [2.45, 2.75) is 130 Å². The van der Waals surface area contributed by atoms with Gasteiger partial charge in [-0.05, 0) is 126 Å². The van der Waals surface area contributed by atoms with E-state index in [1.54, 1.807) is 0 Å². The summed E-state index contributed by atoms with van der Waals surface area (Å²) in [5, 5.41) is 39.5. The van der Waals surface area contributed by atoms with Crippen molar-refractivity contribution in [1.29, 1.82) is 5.26 Å². The molecule has 5 aliphatic heterocycles. The third-order valence-electron chi connectivity index (χ3n) is 17.0. The van der Waals surface area contributed by atoms with Gasteiger partial charge in [0.1, 0.15) is 29.5 Å². The van der Waals surface area contributed by atoms with E-state index >= 15 is 0 Å². The molecule has 0 radical (unpaired) electrons. The Balaban J connectivity index is 0.000000169. The minimum atomic E-state index is -4.67. The van der Waals surface area contributed by atoms with Gasteiger partial charge in [-0.2, -0.15) is 13.7 Å². The molecular formula is C62H76N4O12S. The van der Waals surface area contributed by atoms with Gasteiger partial charge in [-0.15, -0.1) is 0 Å². The Labute approximate surface area is 465 Å². The van der Waals surface area contributed by atoms with Gasteiger partial charge >= 0.3 is 28.3 Å². The lowest BCUT2D eigenvalue weighted by molar-refractivity contribution is -0.156. The number of fused-ring (bicyclic) bond motifs is 4. The lowest BCUT2D eigenvalue weighted by Crippen LogP contribution is -2.48. The summed E-state index contributed by atoms with van der Waals surface area (Å²) in [5.74, 6) is -2.47. The molecule has 0 saturated carbocycles. The number of likely N-dealkylation sites (tertiary alicyclic amines) is 1. The third-order valence-corrected chi connectivity index (χ3v) is 17.0. The van der Waals surface area contributed by atoms with Crippen molar-refractivity contribution in [1.82, 2.24) is 14.7 Å². The van der Waals surface area contributed by atoms with Gasteiger partial charge in [0, 0.05) is 30.7 Å². The van der Waals surface area contributed by atoms with Crippen molar-refractivity contribution >= 4 is 28.3 Å². The lowest BCUT2D eigenvalue weighted by atomic mass is 9.71. The number of hydrogen-bond donors (Lipinski definition) is 5. The number of nitriles is 1. The van der Waals surface area contributed by atoms with E-state index in [1.807, 2.05) is 152 Å². The number of benzene rings is 5. The minimum absolute atomic E-state index is 0.00367. The zero-order chi connectivity index (χ0) is 56.6. The number of esters is 2. The van der Waals surface area contributed by atoms with Crippen LogP contribution in [-0.4, -0.2) is 149 Å². The summed E-state index contributed by atoms with van der Waals surface area (Å²) in [6.45, 7) is 1.73. The Bertz CT molecular complexity index is 2690. The van der Waals surface area contributed by atoms with Gasteiger partial charge in [-0.25, -0.2) is 0 Å². The first-order valence-electron chi connectivity index (χ1n) is 27.4. The van der Waals surface area contributed by atoms with E-state index in [-0.39, 0.29) is 37.4 Å². The summed E-state index contributed by atoms with van der Waals surface area (Å²) in [6, 6.07) is 53.1. The van der Waals surface area contributed by atoms with Crippen molar-refractivity contribution in [3.63, 3.8) is 0 Å². The fraction of sp³-hybridized carbons (Fsp3) is 0.452. The zero-order valence-electron chi connectivity index (χ0n) is 45.2. The molecule has 422 valence electrons. The molecule has 16 nitrogen and oxygen atoms in total. The maximum atomic E-state index is 12.4. The number of hydrogen-bond acceptors (Lipinski definition) is 13. The van der Waals surface area contributed by atoms with Gasteiger partial charge in [0.05, 0.1) is 24.7 Å². The molecule has 5 heterocycles. The molecule has 79 heavy (non-hydrogen) atoms. The van der Waals surface area contributed by atoms with Crippen LogP contribution >= 0.6 is 0 Å². The number of carbonyl (C=O) groups is 3. The molecule has 0 aliphatic carbocycles. The van der Waals surface area contributed by atoms with Crippen molar-refractivity contribution in [2.75, 3.05) is 46.9 Å². The predicted molar refractivity (Wildman–Crippen MR) is 299 cm³/mol. The number of carbonyl (C=O) groups excluding carboxylic acids is 2. The fourth-order valence-corrected chi connectivity index (χ4v) is 12.4. The Morgan fingerprint density at radius 2 is 0.937 bits per heavy atom. The van der Waals surface area contributed by atoms with Crippen LogP contribution in [0.2, 0.25) is 0 Å². The minimum Gasteiger partial charge on any atom is -0.481 e. The second-order valence-electron chi connectivity index (χ2n) is 21.5. The highest BCUT2D eigenvalue weighted by atomic mass is 32.3. The van der Waals surface area contributed by atoms with E-state index in [0.29, 0.717) is 56.5 Å². The molecule has 0 spiro atoms. The SMILES string of the molecule is CN1[C@@H]2CC[C@@H]1CC(OC(=O)C(CO)c1ccccc1)C2.CN1[C@@H]2CC[C@@H]1CC(OC(=O)C(CO)c1ccccc1)C2.N#CC(CCN1CCC(C(=O)O)(c2ccccc2)CC1)(c1ccccc1)c1ccccc1.O=S(=O)(O)O. The van der Waals surface area contributed by atoms with Crippen LogP contribution in [0.25, 0.3) is 0 Å². The molecule has 0 amide bonds. The van der Waals surface area contributed by atoms with E-state index in [1.165, 1.54) is 25.7 Å². The molecule has 5 aromatic carbocycles. The second-order valence-corrected chi connectivity index (χ2v) is 22.4. The summed E-state index contributed by atoms with van der Waals surface area (Å²) >= 11 is 0. The molecule has 17 heteroatoms. The van der Waals surface area contributed by atoms with Crippen molar-refractivity contribution in [2.24, 2.45) is 0 Å². The molecule has 5 fully saturated rings. The lowest BCUT2D eigenvalue weighted by Gasteiger charge is -2.40. The normalized spacial score (nSPS) is 23.3. The average Bonchev–Trinajstić information content (AvgIpc) is 3.82. The molecule has 10 rings (SSSR count). The summed E-state index contributed by atoms with van der Waals surface area (Å²) in [6.07, 6.45) is 10.3. The van der Waals surface area contributed by atoms with Crippen LogP contribution in [0.3, 0.4) is 0 Å². The Kier molecular flexibility index (Phi) is 21.5. The van der Waals surface area contributed by atoms with Gasteiger partial charge in [0.25, 0.3) is 0 Å². The van der Waals surface area contributed by atoms with Crippen LogP contribution in [0.1, 0.15) is 110 Å². The van der Waals surface area contributed by atoms with Gasteiger partial charge in [-0.3, -0.25) is 23.5 Å². The molecule has 5 N–H and O–H groups in total. The molecule has 4 bridgehead atoms. The quantitative estimate of drug-likeness (QED) is 0.0490. The van der Waals surface area contributed by atoms with E-state index in [4.69, 9.17) is 27.0 Å². The van der Waals surface area contributed by atoms with Gasteiger partial charge < -0.3 is 39.5 Å².